The van der Waals surface area contributed by atoms with Crippen LogP contribution in [-0.2, 0) is 14.8 Å². The Hall–Kier alpha value is -1.03. The zero-order valence-corrected chi connectivity index (χ0v) is 13.8. The fraction of sp³-hybridized carbons (Fsp3) is 0.417. The molecule has 0 unspecified atom stereocenters. The smallest absolute Gasteiger partial charge is 0.254 e. The quantitative estimate of drug-likeness (QED) is 0.696. The first-order chi connectivity index (χ1) is 9.77. The van der Waals surface area contributed by atoms with E-state index in [0.717, 1.165) is 12.5 Å². The Balaban J connectivity index is 2.88. The van der Waals surface area contributed by atoms with Crippen LogP contribution in [0.4, 0.5) is 4.39 Å². The van der Waals surface area contributed by atoms with Crippen LogP contribution in [-0.4, -0.2) is 34.6 Å². The number of sulfonamides is 1. The monoisotopic (exact) mass is 382 g/mol. The van der Waals surface area contributed by atoms with Crippen molar-refractivity contribution in [1.82, 2.24) is 5.32 Å². The molecule has 0 fully saturated rings. The number of benzene rings is 1. The molecule has 21 heavy (non-hydrogen) atoms. The molecule has 0 heterocycles. The molecule has 0 spiro atoms. The molecule has 118 valence electrons. The van der Waals surface area contributed by atoms with Gasteiger partial charge in [-0.25, -0.2) is 17.9 Å². The molecule has 1 aromatic rings. The van der Waals surface area contributed by atoms with Gasteiger partial charge >= 0.3 is 0 Å². The van der Waals surface area contributed by atoms with Crippen molar-refractivity contribution >= 4 is 31.9 Å². The minimum atomic E-state index is -4.25. The van der Waals surface area contributed by atoms with Gasteiger partial charge in [0, 0.05) is 24.7 Å². The van der Waals surface area contributed by atoms with E-state index < -0.39 is 26.6 Å². The molecular formula is C12H16BrFN2O4S. The van der Waals surface area contributed by atoms with Gasteiger partial charge in [-0.15, -0.1) is 0 Å². The summed E-state index contributed by atoms with van der Waals surface area (Å²) in [5, 5.41) is 7.43. The van der Waals surface area contributed by atoms with Crippen LogP contribution >= 0.6 is 15.9 Å². The lowest BCUT2D eigenvalue weighted by molar-refractivity contribution is 0.0946. The number of methoxy groups -OCH3 is 1. The van der Waals surface area contributed by atoms with Crippen LogP contribution in [0, 0.1) is 5.82 Å². The molecule has 1 rings (SSSR count). The number of nitrogens with two attached hydrogens (primary N) is 1. The van der Waals surface area contributed by atoms with E-state index in [1.165, 1.54) is 6.07 Å². The predicted octanol–water partition coefficient (Wildman–Crippen LogP) is 1.39. The second-order valence-electron chi connectivity index (χ2n) is 4.27. The number of primary sulfonamides is 1. The second-order valence-corrected chi connectivity index (χ2v) is 6.71. The molecule has 0 aliphatic rings. The Kier molecular flexibility index (Phi) is 6.72. The first-order valence-electron chi connectivity index (χ1n) is 6.06. The van der Waals surface area contributed by atoms with Crippen molar-refractivity contribution in [3.8, 4) is 0 Å². The average Bonchev–Trinajstić information content (AvgIpc) is 2.39. The van der Waals surface area contributed by atoms with E-state index in [1.54, 1.807) is 7.11 Å². The topological polar surface area (TPSA) is 98.5 Å². The van der Waals surface area contributed by atoms with E-state index in [-0.39, 0.29) is 10.0 Å². The van der Waals surface area contributed by atoms with Crippen LogP contribution in [0.5, 0.6) is 0 Å². The van der Waals surface area contributed by atoms with Gasteiger partial charge in [0.2, 0.25) is 10.0 Å². The normalized spacial score (nSPS) is 11.4. The van der Waals surface area contributed by atoms with E-state index in [2.05, 4.69) is 21.2 Å². The number of nitrogens with one attached hydrogen (secondary N) is 1. The van der Waals surface area contributed by atoms with Gasteiger partial charge in [0.05, 0.1) is 5.56 Å². The minimum Gasteiger partial charge on any atom is -0.385 e. The highest BCUT2D eigenvalue weighted by Gasteiger charge is 2.22. The highest BCUT2D eigenvalue weighted by molar-refractivity contribution is 9.10. The van der Waals surface area contributed by atoms with Gasteiger partial charge in [-0.2, -0.15) is 0 Å². The zero-order chi connectivity index (χ0) is 16.0. The first-order valence-corrected chi connectivity index (χ1v) is 8.40. The number of halogens is 2. The van der Waals surface area contributed by atoms with Crippen molar-refractivity contribution in [3.05, 3.63) is 28.0 Å². The number of carbonyl (C=O) groups is 1. The van der Waals surface area contributed by atoms with Crippen LogP contribution in [0.1, 0.15) is 23.2 Å². The fourth-order valence-electron chi connectivity index (χ4n) is 1.61. The molecule has 0 atom stereocenters. The maximum atomic E-state index is 14.1. The third kappa shape index (κ3) is 5.34. The number of amides is 1. The van der Waals surface area contributed by atoms with Crippen molar-refractivity contribution in [1.29, 1.82) is 0 Å². The Morgan fingerprint density at radius 3 is 2.67 bits per heavy atom. The van der Waals surface area contributed by atoms with Gasteiger partial charge in [0.1, 0.15) is 4.90 Å². The summed E-state index contributed by atoms with van der Waals surface area (Å²) in [4.78, 5) is 11.2. The van der Waals surface area contributed by atoms with Gasteiger partial charge in [0.25, 0.3) is 5.91 Å². The number of hydrogen-bond donors (Lipinski definition) is 2. The Morgan fingerprint density at radius 2 is 2.10 bits per heavy atom. The number of carbonyl (C=O) groups excluding carboxylic acids is 1. The summed E-state index contributed by atoms with van der Waals surface area (Å²) in [5.41, 5.74) is -0.375. The van der Waals surface area contributed by atoms with Crippen LogP contribution in [0.3, 0.4) is 0 Å². The van der Waals surface area contributed by atoms with Crippen molar-refractivity contribution < 1.29 is 22.3 Å². The van der Waals surface area contributed by atoms with E-state index in [0.29, 0.717) is 19.6 Å². The van der Waals surface area contributed by atoms with Crippen LogP contribution in [0.15, 0.2) is 21.5 Å². The highest BCUT2D eigenvalue weighted by atomic mass is 79.9. The van der Waals surface area contributed by atoms with E-state index >= 15 is 0 Å². The maximum Gasteiger partial charge on any atom is 0.254 e. The predicted molar refractivity (Wildman–Crippen MR) is 78.9 cm³/mol. The first kappa shape index (κ1) is 18.0. The molecule has 1 aromatic carbocycles. The van der Waals surface area contributed by atoms with Gasteiger partial charge < -0.3 is 10.1 Å². The van der Waals surface area contributed by atoms with Crippen LogP contribution < -0.4 is 10.5 Å². The fourth-order valence-corrected chi connectivity index (χ4v) is 2.87. The highest BCUT2D eigenvalue weighted by Crippen LogP contribution is 2.23. The van der Waals surface area contributed by atoms with Crippen molar-refractivity contribution in [2.75, 3.05) is 20.3 Å². The average molecular weight is 383 g/mol. The van der Waals surface area contributed by atoms with Gasteiger partial charge in [-0.3, -0.25) is 4.79 Å². The molecule has 9 heteroatoms. The van der Waals surface area contributed by atoms with E-state index in [1.807, 2.05) is 0 Å². The number of hydrogen-bond acceptors (Lipinski definition) is 4. The third-order valence-corrected chi connectivity index (χ3v) is 3.98. The van der Waals surface area contributed by atoms with Gasteiger partial charge in [0.15, 0.2) is 5.82 Å². The minimum absolute atomic E-state index is 0.248. The van der Waals surface area contributed by atoms with Crippen LogP contribution in [0.2, 0.25) is 0 Å². The number of unbranched alkanes of at least 4 members (excludes halogenated alkanes) is 1. The molecule has 1 amide bonds. The number of ether oxygens (including phenoxy) is 1. The summed E-state index contributed by atoms with van der Waals surface area (Å²) in [5.74, 6) is -1.86. The molecule has 0 aliphatic carbocycles. The van der Waals surface area contributed by atoms with E-state index in [4.69, 9.17) is 9.88 Å². The lowest BCUT2D eigenvalue weighted by atomic mass is 10.2. The van der Waals surface area contributed by atoms with Crippen LogP contribution in [0.25, 0.3) is 0 Å². The molecule has 3 N–H and O–H groups in total. The van der Waals surface area contributed by atoms with Gasteiger partial charge in [-0.1, -0.05) is 15.9 Å². The van der Waals surface area contributed by atoms with Crippen molar-refractivity contribution in [3.63, 3.8) is 0 Å². The number of rotatable bonds is 7. The SMILES string of the molecule is COCCCCNC(=O)c1cc(Br)cc(S(N)(=O)=O)c1F. The molecular weight excluding hydrogens is 367 g/mol. The van der Waals surface area contributed by atoms with Gasteiger partial charge in [-0.05, 0) is 25.0 Å². The molecule has 0 radical (unpaired) electrons. The standard InChI is InChI=1S/C12H16BrFN2O4S/c1-20-5-3-2-4-16-12(17)9-6-8(13)7-10(11(9)14)21(15,18)19/h6-7H,2-5H2,1H3,(H,16,17)(H2,15,18,19). The summed E-state index contributed by atoms with van der Waals surface area (Å²) in [6.45, 7) is 0.898. The maximum absolute atomic E-state index is 14.1. The Labute approximate surface area is 131 Å². The van der Waals surface area contributed by atoms with Crippen molar-refractivity contribution in [2.45, 2.75) is 17.7 Å². The molecule has 0 bridgehead atoms. The largest absolute Gasteiger partial charge is 0.385 e. The molecule has 0 saturated heterocycles. The Morgan fingerprint density at radius 1 is 1.43 bits per heavy atom. The molecule has 0 aliphatic heterocycles. The summed E-state index contributed by atoms with van der Waals surface area (Å²) in [7, 11) is -2.67. The summed E-state index contributed by atoms with van der Waals surface area (Å²) in [6, 6.07) is 2.22. The summed E-state index contributed by atoms with van der Waals surface area (Å²) in [6.07, 6.45) is 1.41. The molecule has 6 nitrogen and oxygen atoms in total. The molecule has 0 saturated carbocycles. The lowest BCUT2D eigenvalue weighted by Crippen LogP contribution is -2.27. The third-order valence-electron chi connectivity index (χ3n) is 2.62. The summed E-state index contributed by atoms with van der Waals surface area (Å²) >= 11 is 3.03. The second kappa shape index (κ2) is 7.83. The van der Waals surface area contributed by atoms with Crippen molar-refractivity contribution in [2.24, 2.45) is 5.14 Å². The Bertz CT molecular complexity index is 622. The van der Waals surface area contributed by atoms with E-state index in [9.17, 15) is 17.6 Å². The molecule has 0 aromatic heterocycles. The lowest BCUT2D eigenvalue weighted by Gasteiger charge is -2.09. The summed E-state index contributed by atoms with van der Waals surface area (Å²) < 4.78 is 41.7. The zero-order valence-electron chi connectivity index (χ0n) is 11.4.